The van der Waals surface area contributed by atoms with E-state index in [-0.39, 0.29) is 13.2 Å². The van der Waals surface area contributed by atoms with Gasteiger partial charge in [-0.05, 0) is 44.5 Å². The lowest BCUT2D eigenvalue weighted by Crippen LogP contribution is -2.44. The number of rotatable bonds is 22. The highest BCUT2D eigenvalue weighted by atomic mass is 16.6. The number of esters is 3. The third-order valence-electron chi connectivity index (χ3n) is 6.62. The number of carbonyl (C=O) groups excluding carboxylic acids is 3. The predicted octanol–water partition coefficient (Wildman–Crippen LogP) is 6.33. The van der Waals surface area contributed by atoms with Gasteiger partial charge < -0.3 is 24.6 Å². The van der Waals surface area contributed by atoms with Crippen molar-refractivity contribution in [2.45, 2.75) is 123 Å². The zero-order valence-corrected chi connectivity index (χ0v) is 25.4. The van der Waals surface area contributed by atoms with Gasteiger partial charge in [0.25, 0.3) is 0 Å². The van der Waals surface area contributed by atoms with Crippen molar-refractivity contribution in [3.05, 3.63) is 29.8 Å². The van der Waals surface area contributed by atoms with Crippen LogP contribution in [0.2, 0.25) is 0 Å². The maximum absolute atomic E-state index is 12.2. The first-order chi connectivity index (χ1) is 19.9. The molecular formula is C33H51NO7. The minimum absolute atomic E-state index is 0.0104. The van der Waals surface area contributed by atoms with E-state index >= 15 is 0 Å². The summed E-state index contributed by atoms with van der Waals surface area (Å²) in [5, 5.41) is 13.5. The number of nitrogens with one attached hydrogen (secondary N) is 1. The molecule has 8 nitrogen and oxygen atoms in total. The summed E-state index contributed by atoms with van der Waals surface area (Å²) in [5.74, 6) is 1.70. The Kier molecular flexibility index (Phi) is 20.7. The van der Waals surface area contributed by atoms with Gasteiger partial charge in [-0.2, -0.15) is 0 Å². The van der Waals surface area contributed by atoms with Crippen LogP contribution in [0.15, 0.2) is 24.3 Å². The van der Waals surface area contributed by atoms with Crippen LogP contribution in [0.1, 0.15) is 116 Å². The smallest absolute Gasteiger partial charge is 0.385 e. The van der Waals surface area contributed by atoms with Crippen LogP contribution in [0, 0.1) is 11.8 Å². The summed E-state index contributed by atoms with van der Waals surface area (Å²) in [6, 6.07) is 7.30. The van der Waals surface area contributed by atoms with Gasteiger partial charge in [-0.1, -0.05) is 96.3 Å². The first-order valence-electron chi connectivity index (χ1n) is 15.5. The lowest BCUT2D eigenvalue weighted by molar-refractivity contribution is -0.181. The van der Waals surface area contributed by atoms with E-state index in [1.807, 2.05) is 12.1 Å². The molecule has 1 rings (SSSR count). The second-order valence-electron chi connectivity index (χ2n) is 10.1. The fourth-order valence-corrected chi connectivity index (χ4v) is 4.31. The van der Waals surface area contributed by atoms with Crippen molar-refractivity contribution in [1.29, 1.82) is 0 Å². The third kappa shape index (κ3) is 17.4. The first kappa shape index (κ1) is 36.0. The number of benzene rings is 1. The number of unbranched alkanes of at least 4 members (excludes halogenated alkanes) is 13. The summed E-state index contributed by atoms with van der Waals surface area (Å²) >= 11 is 0. The Labute approximate surface area is 246 Å². The van der Waals surface area contributed by atoms with Crippen LogP contribution < -0.4 is 5.32 Å². The SMILES string of the molecule is CCCCCCCCCCCCCCCCNc1ccc(C#CC(=O)OC(C(=O)OCC)C(O)C(=O)OCC)cc1. The molecule has 1 aromatic rings. The van der Waals surface area contributed by atoms with Gasteiger partial charge in [0, 0.05) is 23.7 Å². The van der Waals surface area contributed by atoms with Gasteiger partial charge >= 0.3 is 17.9 Å². The Morgan fingerprint density at radius 1 is 0.732 bits per heavy atom. The Balaban J connectivity index is 2.28. The van der Waals surface area contributed by atoms with Gasteiger partial charge in [0.1, 0.15) is 0 Å². The summed E-state index contributed by atoms with van der Waals surface area (Å²) in [5.41, 5.74) is 1.54. The van der Waals surface area contributed by atoms with E-state index < -0.39 is 30.1 Å². The van der Waals surface area contributed by atoms with E-state index in [2.05, 4.69) is 28.8 Å². The second-order valence-corrected chi connectivity index (χ2v) is 10.1. The molecule has 41 heavy (non-hydrogen) atoms. The van der Waals surface area contributed by atoms with Crippen molar-refractivity contribution in [1.82, 2.24) is 0 Å². The van der Waals surface area contributed by atoms with Crippen LogP contribution in [-0.2, 0) is 28.6 Å². The van der Waals surface area contributed by atoms with Gasteiger partial charge in [-0.15, -0.1) is 0 Å². The molecule has 0 bridgehead atoms. The number of hydrogen-bond acceptors (Lipinski definition) is 8. The highest BCUT2D eigenvalue weighted by molar-refractivity contribution is 5.93. The maximum atomic E-state index is 12.2. The van der Waals surface area contributed by atoms with Crippen LogP contribution in [0.3, 0.4) is 0 Å². The number of hydrogen-bond donors (Lipinski definition) is 2. The average Bonchev–Trinajstić information content (AvgIpc) is 2.97. The Morgan fingerprint density at radius 3 is 1.73 bits per heavy atom. The van der Waals surface area contributed by atoms with E-state index in [1.54, 1.807) is 26.0 Å². The summed E-state index contributed by atoms with van der Waals surface area (Å²) in [4.78, 5) is 36.0. The molecule has 0 saturated heterocycles. The van der Waals surface area contributed by atoms with Gasteiger partial charge in [-0.3, -0.25) is 0 Å². The van der Waals surface area contributed by atoms with Crippen molar-refractivity contribution in [3.8, 4) is 11.8 Å². The van der Waals surface area contributed by atoms with E-state index in [4.69, 9.17) is 9.47 Å². The summed E-state index contributed by atoms with van der Waals surface area (Å²) in [6.07, 6.45) is 14.8. The molecular weight excluding hydrogens is 522 g/mol. The number of ether oxygens (including phenoxy) is 3. The molecule has 1 aromatic carbocycles. The third-order valence-corrected chi connectivity index (χ3v) is 6.62. The Morgan fingerprint density at radius 2 is 1.22 bits per heavy atom. The van der Waals surface area contributed by atoms with Crippen molar-refractivity contribution in [3.63, 3.8) is 0 Å². The maximum Gasteiger partial charge on any atom is 0.385 e. The molecule has 0 aliphatic heterocycles. The normalized spacial score (nSPS) is 12.0. The number of carbonyl (C=O) groups is 3. The quantitative estimate of drug-likeness (QED) is 0.0716. The van der Waals surface area contributed by atoms with E-state index in [0.717, 1.165) is 18.7 Å². The number of aliphatic hydroxyl groups is 1. The van der Waals surface area contributed by atoms with Gasteiger partial charge in [0.05, 0.1) is 13.2 Å². The summed E-state index contributed by atoms with van der Waals surface area (Å²) < 4.78 is 14.4. The second kappa shape index (κ2) is 23.6. The molecule has 2 N–H and O–H groups in total. The number of anilines is 1. The van der Waals surface area contributed by atoms with Crippen LogP contribution in [0.5, 0.6) is 0 Å². The molecule has 2 unspecified atom stereocenters. The van der Waals surface area contributed by atoms with Crippen LogP contribution in [-0.4, -0.2) is 55.0 Å². The van der Waals surface area contributed by atoms with Gasteiger partial charge in [-0.25, -0.2) is 14.4 Å². The number of aliphatic hydroxyl groups excluding tert-OH is 1. The zero-order chi connectivity index (χ0) is 30.1. The monoisotopic (exact) mass is 573 g/mol. The fraction of sp³-hybridized carbons (Fsp3) is 0.667. The average molecular weight is 574 g/mol. The molecule has 0 heterocycles. The van der Waals surface area contributed by atoms with Crippen LogP contribution in [0.4, 0.5) is 5.69 Å². The molecule has 8 heteroatoms. The molecule has 0 amide bonds. The van der Waals surface area contributed by atoms with Crippen LogP contribution >= 0.6 is 0 Å². The highest BCUT2D eigenvalue weighted by Gasteiger charge is 2.37. The largest absolute Gasteiger partial charge is 0.464 e. The minimum atomic E-state index is -2.01. The van der Waals surface area contributed by atoms with Gasteiger partial charge in [0.2, 0.25) is 6.10 Å². The van der Waals surface area contributed by atoms with Crippen molar-refractivity contribution in [2.24, 2.45) is 0 Å². The molecule has 0 spiro atoms. The standard InChI is InChI=1S/C33H51NO7/c1-4-7-8-9-10-11-12-13-14-15-16-17-18-19-26-34-28-23-20-27(21-24-28)22-25-29(35)41-31(33(38)40-6-3)30(36)32(37)39-5-2/h20-21,23-24,30-31,34,36H,4-19,26H2,1-3H3. The molecule has 0 radical (unpaired) electrons. The van der Waals surface area contributed by atoms with Gasteiger partial charge in [0.15, 0.2) is 6.10 Å². The molecule has 0 saturated carbocycles. The Hall–Kier alpha value is -3.05. The van der Waals surface area contributed by atoms with E-state index in [9.17, 15) is 19.5 Å². The topological polar surface area (TPSA) is 111 Å². The van der Waals surface area contributed by atoms with E-state index in [0.29, 0.717) is 5.56 Å². The summed E-state index contributed by atoms with van der Waals surface area (Å²) in [7, 11) is 0. The fourth-order valence-electron chi connectivity index (χ4n) is 4.31. The molecule has 2 atom stereocenters. The molecule has 0 aliphatic carbocycles. The highest BCUT2D eigenvalue weighted by Crippen LogP contribution is 2.14. The summed E-state index contributed by atoms with van der Waals surface area (Å²) in [6.45, 7) is 6.22. The van der Waals surface area contributed by atoms with Crippen molar-refractivity contribution >= 4 is 23.6 Å². The lowest BCUT2D eigenvalue weighted by Gasteiger charge is -2.19. The van der Waals surface area contributed by atoms with Crippen LogP contribution in [0.25, 0.3) is 0 Å². The van der Waals surface area contributed by atoms with Crippen molar-refractivity contribution < 1.29 is 33.7 Å². The molecule has 230 valence electrons. The zero-order valence-electron chi connectivity index (χ0n) is 25.4. The predicted molar refractivity (Wildman–Crippen MR) is 161 cm³/mol. The lowest BCUT2D eigenvalue weighted by atomic mass is 10.0. The molecule has 0 aliphatic rings. The minimum Gasteiger partial charge on any atom is -0.464 e. The van der Waals surface area contributed by atoms with Crippen molar-refractivity contribution in [2.75, 3.05) is 25.1 Å². The first-order valence-corrected chi connectivity index (χ1v) is 15.5. The Bertz CT molecular complexity index is 920. The van der Waals surface area contributed by atoms with E-state index in [1.165, 1.54) is 83.5 Å². The molecule has 0 aromatic heterocycles. The molecule has 0 fully saturated rings.